The Morgan fingerprint density at radius 1 is 1.18 bits per heavy atom. The van der Waals surface area contributed by atoms with Crippen LogP contribution in [0.1, 0.15) is 10.5 Å². The molecule has 0 aliphatic carbocycles. The third-order valence-corrected chi connectivity index (χ3v) is 4.80. The van der Waals surface area contributed by atoms with Crippen LogP contribution in [-0.2, 0) is 0 Å². The molecule has 0 saturated heterocycles. The zero-order valence-corrected chi connectivity index (χ0v) is 16.2. The molecular weight excluding hydrogens is 398 g/mol. The summed E-state index contributed by atoms with van der Waals surface area (Å²) in [5.41, 5.74) is 4.34. The van der Waals surface area contributed by atoms with Gasteiger partial charge in [0.2, 0.25) is 0 Å². The number of thiazole rings is 1. The zero-order valence-electron chi connectivity index (χ0n) is 14.6. The summed E-state index contributed by atoms with van der Waals surface area (Å²) in [4.78, 5) is 28.0. The second-order valence-electron chi connectivity index (χ2n) is 5.75. The van der Waals surface area contributed by atoms with E-state index in [1.165, 1.54) is 11.3 Å². The molecule has 3 aromatic heterocycles. The van der Waals surface area contributed by atoms with E-state index in [0.717, 1.165) is 16.8 Å². The topological polar surface area (TPSA) is 92.8 Å². The highest BCUT2D eigenvalue weighted by atomic mass is 35.5. The molecule has 0 atom stereocenters. The number of amides is 1. The number of ether oxygens (including phenoxy) is 1. The molecule has 7 nitrogen and oxygen atoms in total. The Hall–Kier alpha value is -3.23. The number of nitrogens with zero attached hydrogens (tertiary/aromatic N) is 3. The lowest BCUT2D eigenvalue weighted by molar-refractivity contribution is 0.102. The average molecular weight is 412 g/mol. The number of aromatic nitrogens is 4. The number of hydrogen-bond donors (Lipinski definition) is 2. The first-order chi connectivity index (χ1) is 13.6. The van der Waals surface area contributed by atoms with E-state index in [2.05, 4.69) is 25.3 Å². The number of carbonyl (C=O) groups is 1. The van der Waals surface area contributed by atoms with Crippen LogP contribution in [0.2, 0.25) is 5.02 Å². The summed E-state index contributed by atoms with van der Waals surface area (Å²) in [5.74, 6) is 1.45. The first kappa shape index (κ1) is 18.1. The minimum absolute atomic E-state index is 0.293. The molecule has 1 aromatic carbocycles. The van der Waals surface area contributed by atoms with E-state index in [0.29, 0.717) is 28.1 Å². The number of pyridine rings is 1. The monoisotopic (exact) mass is 411 g/mol. The van der Waals surface area contributed by atoms with Gasteiger partial charge in [0, 0.05) is 22.2 Å². The van der Waals surface area contributed by atoms with Crippen LogP contribution in [0.15, 0.2) is 53.6 Å². The van der Waals surface area contributed by atoms with Crippen LogP contribution in [0.3, 0.4) is 0 Å². The van der Waals surface area contributed by atoms with E-state index in [4.69, 9.17) is 16.3 Å². The van der Waals surface area contributed by atoms with Gasteiger partial charge in [0.1, 0.15) is 23.1 Å². The van der Waals surface area contributed by atoms with Gasteiger partial charge in [-0.3, -0.25) is 4.79 Å². The predicted octanol–water partition coefficient (Wildman–Crippen LogP) is 4.51. The number of nitrogens with one attached hydrogen (secondary N) is 2. The van der Waals surface area contributed by atoms with Gasteiger partial charge in [-0.2, -0.15) is 0 Å². The highest BCUT2D eigenvalue weighted by Gasteiger charge is 2.12. The summed E-state index contributed by atoms with van der Waals surface area (Å²) >= 11 is 7.46. The number of halogens is 1. The third-order valence-electron chi connectivity index (χ3n) is 3.97. The van der Waals surface area contributed by atoms with Crippen molar-refractivity contribution in [2.24, 2.45) is 0 Å². The lowest BCUT2D eigenvalue weighted by atomic mass is 10.2. The van der Waals surface area contributed by atoms with Crippen molar-refractivity contribution in [1.82, 2.24) is 19.9 Å². The molecule has 0 aliphatic rings. The maximum Gasteiger partial charge on any atom is 0.276 e. The molecular formula is C19H14ClN5O2S. The Labute approximate surface area is 169 Å². The molecule has 0 unspecified atom stereocenters. The smallest absolute Gasteiger partial charge is 0.276 e. The van der Waals surface area contributed by atoms with E-state index >= 15 is 0 Å². The summed E-state index contributed by atoms with van der Waals surface area (Å²) in [6, 6.07) is 8.91. The fourth-order valence-corrected chi connectivity index (χ4v) is 3.31. The number of benzene rings is 1. The fraction of sp³-hybridized carbons (Fsp3) is 0.0526. The molecule has 4 aromatic rings. The largest absolute Gasteiger partial charge is 0.496 e. The predicted molar refractivity (Wildman–Crippen MR) is 109 cm³/mol. The molecule has 4 rings (SSSR count). The summed E-state index contributed by atoms with van der Waals surface area (Å²) < 4.78 is 5.38. The van der Waals surface area contributed by atoms with Crippen LogP contribution >= 0.6 is 22.9 Å². The molecule has 140 valence electrons. The highest BCUT2D eigenvalue weighted by Crippen LogP contribution is 2.32. The first-order valence-electron chi connectivity index (χ1n) is 8.19. The molecule has 0 aliphatic heterocycles. The fourth-order valence-electron chi connectivity index (χ4n) is 2.60. The highest BCUT2D eigenvalue weighted by molar-refractivity contribution is 7.07. The summed E-state index contributed by atoms with van der Waals surface area (Å²) in [6.07, 6.45) is 3.36. The third kappa shape index (κ3) is 3.73. The Kier molecular flexibility index (Phi) is 5.05. The van der Waals surface area contributed by atoms with Crippen molar-refractivity contribution in [3.63, 3.8) is 0 Å². The van der Waals surface area contributed by atoms with E-state index in [-0.39, 0.29) is 5.91 Å². The van der Waals surface area contributed by atoms with E-state index in [1.54, 1.807) is 54.7 Å². The molecule has 0 fully saturated rings. The Morgan fingerprint density at radius 3 is 2.79 bits per heavy atom. The van der Waals surface area contributed by atoms with Crippen LogP contribution in [0.5, 0.6) is 5.75 Å². The summed E-state index contributed by atoms with van der Waals surface area (Å²) in [7, 11) is 1.60. The number of hydrogen-bond acceptors (Lipinski definition) is 6. The number of rotatable bonds is 5. The molecule has 0 radical (unpaired) electrons. The van der Waals surface area contributed by atoms with Crippen LogP contribution in [0.25, 0.3) is 22.6 Å². The number of aromatic amines is 1. The maximum absolute atomic E-state index is 12.0. The van der Waals surface area contributed by atoms with Gasteiger partial charge < -0.3 is 15.0 Å². The van der Waals surface area contributed by atoms with Gasteiger partial charge in [0.25, 0.3) is 5.91 Å². The normalized spacial score (nSPS) is 10.6. The van der Waals surface area contributed by atoms with E-state index in [1.807, 2.05) is 6.07 Å². The SMILES string of the molecule is COc1ccc(Cl)cc1-c1ncc(-c2ccc(NC(=O)c3cscn3)nc2)[nH]1. The van der Waals surface area contributed by atoms with Crippen LogP contribution < -0.4 is 10.1 Å². The van der Waals surface area contributed by atoms with Crippen molar-refractivity contribution in [2.75, 3.05) is 12.4 Å². The van der Waals surface area contributed by atoms with Gasteiger partial charge in [-0.1, -0.05) is 11.6 Å². The standard InChI is InChI=1S/C19H14ClN5O2S/c1-27-16-4-3-12(20)6-13(16)18-22-8-14(24-18)11-2-5-17(21-7-11)25-19(26)15-9-28-10-23-15/h2-10H,1H3,(H,22,24)(H,21,25,26). The van der Waals surface area contributed by atoms with Crippen molar-refractivity contribution >= 4 is 34.7 Å². The quantitative estimate of drug-likeness (QED) is 0.504. The van der Waals surface area contributed by atoms with Gasteiger partial charge in [-0.15, -0.1) is 11.3 Å². The summed E-state index contributed by atoms with van der Waals surface area (Å²) in [6.45, 7) is 0. The van der Waals surface area contributed by atoms with Crippen molar-refractivity contribution in [1.29, 1.82) is 0 Å². The summed E-state index contributed by atoms with van der Waals surface area (Å²) in [5, 5.41) is 4.99. The van der Waals surface area contributed by atoms with Crippen LogP contribution in [0, 0.1) is 0 Å². The minimum Gasteiger partial charge on any atom is -0.496 e. The molecule has 0 saturated carbocycles. The molecule has 9 heteroatoms. The van der Waals surface area contributed by atoms with Crippen LogP contribution in [0.4, 0.5) is 5.82 Å². The van der Waals surface area contributed by atoms with Crippen molar-refractivity contribution < 1.29 is 9.53 Å². The van der Waals surface area contributed by atoms with Gasteiger partial charge in [-0.05, 0) is 30.3 Å². The molecule has 0 bridgehead atoms. The van der Waals surface area contributed by atoms with E-state index in [9.17, 15) is 4.79 Å². The number of H-pyrrole nitrogens is 1. The second kappa shape index (κ2) is 7.79. The van der Waals surface area contributed by atoms with Crippen molar-refractivity contribution in [3.8, 4) is 28.4 Å². The minimum atomic E-state index is -0.293. The average Bonchev–Trinajstić information content (AvgIpc) is 3.41. The number of anilines is 1. The molecule has 1 amide bonds. The Balaban J connectivity index is 1.54. The number of imidazole rings is 1. The van der Waals surface area contributed by atoms with Gasteiger partial charge in [0.05, 0.1) is 30.1 Å². The number of carbonyl (C=O) groups excluding carboxylic acids is 1. The molecule has 2 N–H and O–H groups in total. The van der Waals surface area contributed by atoms with Gasteiger partial charge in [-0.25, -0.2) is 15.0 Å². The van der Waals surface area contributed by atoms with E-state index < -0.39 is 0 Å². The molecule has 3 heterocycles. The molecule has 0 spiro atoms. The van der Waals surface area contributed by atoms with Gasteiger partial charge in [0.15, 0.2) is 0 Å². The van der Waals surface area contributed by atoms with Crippen LogP contribution in [-0.4, -0.2) is 33.0 Å². The molecule has 28 heavy (non-hydrogen) atoms. The van der Waals surface area contributed by atoms with Crippen molar-refractivity contribution in [2.45, 2.75) is 0 Å². The maximum atomic E-state index is 12.0. The number of methoxy groups -OCH3 is 1. The van der Waals surface area contributed by atoms with Gasteiger partial charge >= 0.3 is 0 Å². The second-order valence-corrected chi connectivity index (χ2v) is 6.91. The zero-order chi connectivity index (χ0) is 19.5. The lowest BCUT2D eigenvalue weighted by Gasteiger charge is -2.06. The van der Waals surface area contributed by atoms with Crippen molar-refractivity contribution in [3.05, 3.63) is 64.3 Å². The Morgan fingerprint density at radius 2 is 2.07 bits per heavy atom. The Bertz CT molecular complexity index is 1110. The lowest BCUT2D eigenvalue weighted by Crippen LogP contribution is -2.13. The first-order valence-corrected chi connectivity index (χ1v) is 9.51.